The predicted molar refractivity (Wildman–Crippen MR) is 69.5 cm³/mol. The number of aliphatic hydroxyl groups is 2. The van der Waals surface area contributed by atoms with Crippen LogP contribution < -0.4 is 0 Å². The standard InChI is InChI=1S/C12H26O4Si/c1-8-10(13)11(14)9(16-8)7-15-17(5,6)12(2,3)4/h8-11,13-14H,7H2,1-6H3/t8-,9+,10-,11+/m1/s1. The van der Waals surface area contributed by atoms with E-state index in [9.17, 15) is 10.2 Å². The van der Waals surface area contributed by atoms with Crippen molar-refractivity contribution in [1.82, 2.24) is 0 Å². The Labute approximate surface area is 105 Å². The lowest BCUT2D eigenvalue weighted by Crippen LogP contribution is -2.44. The van der Waals surface area contributed by atoms with Gasteiger partial charge in [-0.25, -0.2) is 0 Å². The van der Waals surface area contributed by atoms with Gasteiger partial charge in [0.15, 0.2) is 8.32 Å². The molecule has 1 fully saturated rings. The molecule has 17 heavy (non-hydrogen) atoms. The fourth-order valence-electron chi connectivity index (χ4n) is 1.58. The molecule has 0 aliphatic carbocycles. The zero-order chi connectivity index (χ0) is 13.4. The molecule has 1 aliphatic rings. The molecule has 0 saturated carbocycles. The Kier molecular flexibility index (Phi) is 4.42. The van der Waals surface area contributed by atoms with E-state index in [2.05, 4.69) is 33.9 Å². The largest absolute Gasteiger partial charge is 0.414 e. The van der Waals surface area contributed by atoms with E-state index in [1.54, 1.807) is 6.92 Å². The third-order valence-corrected chi connectivity index (χ3v) is 8.52. The van der Waals surface area contributed by atoms with Gasteiger partial charge in [-0.2, -0.15) is 0 Å². The fraction of sp³-hybridized carbons (Fsp3) is 1.00. The summed E-state index contributed by atoms with van der Waals surface area (Å²) in [6, 6.07) is 0. The van der Waals surface area contributed by atoms with Crippen LogP contribution in [0.2, 0.25) is 18.1 Å². The van der Waals surface area contributed by atoms with E-state index in [-0.39, 0.29) is 11.1 Å². The molecule has 1 aliphatic heterocycles. The maximum absolute atomic E-state index is 9.79. The third-order valence-electron chi connectivity index (χ3n) is 4.02. The second-order valence-electron chi connectivity index (χ2n) is 6.43. The van der Waals surface area contributed by atoms with Crippen LogP contribution in [0.1, 0.15) is 27.7 Å². The molecule has 1 rings (SSSR count). The van der Waals surface area contributed by atoms with E-state index >= 15 is 0 Å². The molecule has 102 valence electrons. The minimum absolute atomic E-state index is 0.140. The minimum Gasteiger partial charge on any atom is -0.414 e. The molecule has 5 heteroatoms. The highest BCUT2D eigenvalue weighted by Gasteiger charge is 2.43. The zero-order valence-corrected chi connectivity index (χ0v) is 12.7. The monoisotopic (exact) mass is 262 g/mol. The number of rotatable bonds is 3. The molecule has 1 saturated heterocycles. The van der Waals surface area contributed by atoms with Gasteiger partial charge in [0.2, 0.25) is 0 Å². The fourth-order valence-corrected chi connectivity index (χ4v) is 2.59. The van der Waals surface area contributed by atoms with Gasteiger partial charge in [0.1, 0.15) is 18.3 Å². The van der Waals surface area contributed by atoms with Crippen molar-refractivity contribution in [3.63, 3.8) is 0 Å². The Morgan fingerprint density at radius 3 is 2.06 bits per heavy atom. The van der Waals surface area contributed by atoms with Crippen molar-refractivity contribution in [3.8, 4) is 0 Å². The Morgan fingerprint density at radius 1 is 1.18 bits per heavy atom. The van der Waals surface area contributed by atoms with E-state index in [0.717, 1.165) is 0 Å². The van der Waals surface area contributed by atoms with Crippen LogP contribution in [0.15, 0.2) is 0 Å². The lowest BCUT2D eigenvalue weighted by atomic mass is 10.1. The molecule has 0 bridgehead atoms. The summed E-state index contributed by atoms with van der Waals surface area (Å²) >= 11 is 0. The van der Waals surface area contributed by atoms with Crippen molar-refractivity contribution in [2.24, 2.45) is 0 Å². The molecule has 0 amide bonds. The molecule has 0 radical (unpaired) electrons. The van der Waals surface area contributed by atoms with E-state index in [0.29, 0.717) is 6.61 Å². The number of hydrogen-bond acceptors (Lipinski definition) is 4. The van der Waals surface area contributed by atoms with Crippen molar-refractivity contribution < 1.29 is 19.4 Å². The first-order valence-corrected chi connectivity index (χ1v) is 9.12. The molecule has 0 aromatic heterocycles. The van der Waals surface area contributed by atoms with Crippen LogP contribution in [0, 0.1) is 0 Å². The van der Waals surface area contributed by atoms with E-state index in [4.69, 9.17) is 9.16 Å². The van der Waals surface area contributed by atoms with Gasteiger partial charge in [0.05, 0.1) is 12.7 Å². The average molecular weight is 262 g/mol. The lowest BCUT2D eigenvalue weighted by molar-refractivity contribution is -0.0140. The first-order chi connectivity index (χ1) is 7.56. The number of ether oxygens (including phenoxy) is 1. The number of hydrogen-bond donors (Lipinski definition) is 2. The van der Waals surface area contributed by atoms with Crippen LogP contribution in [-0.4, -0.2) is 49.6 Å². The van der Waals surface area contributed by atoms with Gasteiger partial charge in [0, 0.05) is 0 Å². The molecular weight excluding hydrogens is 236 g/mol. The molecule has 0 spiro atoms. The van der Waals surface area contributed by atoms with Gasteiger partial charge in [-0.05, 0) is 25.1 Å². The molecule has 2 N–H and O–H groups in total. The first kappa shape index (κ1) is 15.1. The minimum atomic E-state index is -1.82. The highest BCUT2D eigenvalue weighted by Crippen LogP contribution is 2.37. The summed E-state index contributed by atoms with van der Waals surface area (Å²) < 4.78 is 11.5. The number of aliphatic hydroxyl groups excluding tert-OH is 2. The topological polar surface area (TPSA) is 58.9 Å². The predicted octanol–water partition coefficient (Wildman–Crippen LogP) is 1.52. The van der Waals surface area contributed by atoms with E-state index in [1.807, 2.05) is 0 Å². The third kappa shape index (κ3) is 3.29. The van der Waals surface area contributed by atoms with Gasteiger partial charge in [-0.3, -0.25) is 0 Å². The summed E-state index contributed by atoms with van der Waals surface area (Å²) in [7, 11) is -1.82. The molecule has 0 aromatic carbocycles. The van der Waals surface area contributed by atoms with Crippen LogP contribution in [0.25, 0.3) is 0 Å². The zero-order valence-electron chi connectivity index (χ0n) is 11.7. The van der Waals surface area contributed by atoms with Crippen LogP contribution in [0.5, 0.6) is 0 Å². The summed E-state index contributed by atoms with van der Waals surface area (Å²) in [5.74, 6) is 0. The van der Waals surface area contributed by atoms with Gasteiger partial charge >= 0.3 is 0 Å². The molecule has 1 heterocycles. The second kappa shape index (κ2) is 4.97. The normalized spacial score (nSPS) is 35.3. The summed E-state index contributed by atoms with van der Waals surface area (Å²) in [5, 5.41) is 19.5. The Balaban J connectivity index is 2.53. The first-order valence-electron chi connectivity index (χ1n) is 6.22. The van der Waals surface area contributed by atoms with Gasteiger partial charge in [0.25, 0.3) is 0 Å². The maximum Gasteiger partial charge on any atom is 0.192 e. The maximum atomic E-state index is 9.79. The van der Waals surface area contributed by atoms with Gasteiger partial charge in [-0.15, -0.1) is 0 Å². The van der Waals surface area contributed by atoms with Crippen LogP contribution in [0.3, 0.4) is 0 Å². The van der Waals surface area contributed by atoms with Crippen molar-refractivity contribution in [2.45, 2.75) is 70.2 Å². The lowest BCUT2D eigenvalue weighted by Gasteiger charge is -2.37. The van der Waals surface area contributed by atoms with Crippen molar-refractivity contribution in [2.75, 3.05) is 6.61 Å². The average Bonchev–Trinajstić information content (AvgIpc) is 2.41. The van der Waals surface area contributed by atoms with E-state index in [1.165, 1.54) is 0 Å². The second-order valence-corrected chi connectivity index (χ2v) is 11.2. The van der Waals surface area contributed by atoms with Crippen LogP contribution >= 0.6 is 0 Å². The Hall–Kier alpha value is 0.0569. The molecular formula is C12H26O4Si. The van der Waals surface area contributed by atoms with Gasteiger partial charge < -0.3 is 19.4 Å². The molecule has 0 unspecified atom stereocenters. The van der Waals surface area contributed by atoms with Crippen molar-refractivity contribution in [1.29, 1.82) is 0 Å². The quantitative estimate of drug-likeness (QED) is 0.757. The van der Waals surface area contributed by atoms with Crippen molar-refractivity contribution in [3.05, 3.63) is 0 Å². The molecule has 4 atom stereocenters. The summed E-state index contributed by atoms with van der Waals surface area (Å²) in [4.78, 5) is 0. The highest BCUT2D eigenvalue weighted by atomic mass is 28.4. The van der Waals surface area contributed by atoms with Crippen molar-refractivity contribution >= 4 is 8.32 Å². The Bertz CT molecular complexity index is 262. The smallest absolute Gasteiger partial charge is 0.192 e. The SMILES string of the molecule is C[C@H]1O[C@@H](CO[Si](C)(C)C(C)(C)C)[C@H](O)[C@@H]1O. The van der Waals surface area contributed by atoms with Crippen LogP contribution in [0.4, 0.5) is 0 Å². The summed E-state index contributed by atoms with van der Waals surface area (Å²) in [5.41, 5.74) is 0. The summed E-state index contributed by atoms with van der Waals surface area (Å²) in [6.45, 7) is 13.0. The molecule has 0 aromatic rings. The highest BCUT2D eigenvalue weighted by molar-refractivity contribution is 6.74. The van der Waals surface area contributed by atoms with E-state index < -0.39 is 26.6 Å². The summed E-state index contributed by atoms with van der Waals surface area (Å²) in [6.07, 6.45) is -2.37. The Morgan fingerprint density at radius 2 is 1.71 bits per heavy atom. The molecule has 4 nitrogen and oxygen atoms in total. The van der Waals surface area contributed by atoms with Crippen LogP contribution in [-0.2, 0) is 9.16 Å². The van der Waals surface area contributed by atoms with Gasteiger partial charge in [-0.1, -0.05) is 20.8 Å².